The highest BCUT2D eigenvalue weighted by Gasteiger charge is 2.37. The first-order chi connectivity index (χ1) is 12.3. The molecule has 0 amide bonds. The lowest BCUT2D eigenvalue weighted by atomic mass is 9.95. The van der Waals surface area contributed by atoms with Gasteiger partial charge in [-0.25, -0.2) is 9.37 Å². The zero-order valence-corrected chi connectivity index (χ0v) is 15.3. The van der Waals surface area contributed by atoms with Crippen LogP contribution in [0.3, 0.4) is 0 Å². The largest absolute Gasteiger partial charge is 0.435 e. The minimum Gasteiger partial charge on any atom is -0.435 e. The summed E-state index contributed by atoms with van der Waals surface area (Å²) in [7, 11) is 0. The summed E-state index contributed by atoms with van der Waals surface area (Å²) in [6, 6.07) is 5.59. The maximum Gasteiger partial charge on any atom is 0.387 e. The topological polar surface area (TPSA) is 46.8 Å². The summed E-state index contributed by atoms with van der Waals surface area (Å²) >= 11 is 9.18. The molecule has 4 nitrogen and oxygen atoms in total. The molecule has 2 heterocycles. The van der Waals surface area contributed by atoms with Crippen molar-refractivity contribution in [2.24, 2.45) is 0 Å². The van der Waals surface area contributed by atoms with E-state index in [1.165, 1.54) is 30.5 Å². The van der Waals surface area contributed by atoms with Crippen LogP contribution in [-0.4, -0.2) is 21.1 Å². The molecule has 1 aromatic carbocycles. The van der Waals surface area contributed by atoms with Crippen molar-refractivity contribution in [3.63, 3.8) is 0 Å². The first kappa shape index (κ1) is 17.6. The Kier molecular flexibility index (Phi) is 4.37. The van der Waals surface area contributed by atoms with Gasteiger partial charge in [0, 0.05) is 28.8 Å². The standard InChI is InChI=1S/C17H11BrClF3N2O2/c18-10-6-24-14(5-11(10)20)23-15-12(25)4-9(16(15)24)8-3-7(19)1-2-13(8)26-17(21)22/h1-3,5-6,9,12,17,25H,4H2/t9-,12?/m0/s1. The van der Waals surface area contributed by atoms with E-state index < -0.39 is 24.5 Å². The van der Waals surface area contributed by atoms with Crippen molar-refractivity contribution in [2.45, 2.75) is 25.1 Å². The summed E-state index contributed by atoms with van der Waals surface area (Å²) < 4.78 is 45.8. The first-order valence-corrected chi connectivity index (χ1v) is 8.81. The number of nitrogens with zero attached hydrogens (tertiary/aromatic N) is 2. The molecule has 4 rings (SSSR count). The molecule has 0 bridgehead atoms. The van der Waals surface area contributed by atoms with Gasteiger partial charge in [0.2, 0.25) is 0 Å². The number of fused-ring (bicyclic) bond motifs is 3. The highest BCUT2D eigenvalue weighted by molar-refractivity contribution is 9.10. The number of imidazole rings is 1. The lowest BCUT2D eigenvalue weighted by molar-refractivity contribution is -0.0505. The van der Waals surface area contributed by atoms with Gasteiger partial charge in [-0.3, -0.25) is 0 Å². The Bertz CT molecular complexity index is 1010. The summed E-state index contributed by atoms with van der Waals surface area (Å²) in [5.74, 6) is -0.998. The molecule has 0 spiro atoms. The van der Waals surface area contributed by atoms with E-state index in [2.05, 4.69) is 25.7 Å². The Morgan fingerprint density at radius 1 is 1.35 bits per heavy atom. The SMILES string of the molecule is OC1C[C@@H](c2cc(Cl)ccc2OC(F)F)c2c1nc1cc(F)c(Br)cn21. The van der Waals surface area contributed by atoms with E-state index in [1.807, 2.05) is 0 Å². The van der Waals surface area contributed by atoms with Gasteiger partial charge in [-0.15, -0.1) is 0 Å². The number of aliphatic hydroxyl groups is 1. The Balaban J connectivity index is 1.92. The van der Waals surface area contributed by atoms with Crippen LogP contribution in [0.1, 0.15) is 35.4 Å². The number of halogens is 5. The fourth-order valence-corrected chi connectivity index (χ4v) is 3.88. The van der Waals surface area contributed by atoms with Crippen LogP contribution in [0.25, 0.3) is 5.65 Å². The lowest BCUT2D eigenvalue weighted by Crippen LogP contribution is -2.08. The number of benzene rings is 1. The smallest absolute Gasteiger partial charge is 0.387 e. The molecule has 1 aliphatic carbocycles. The van der Waals surface area contributed by atoms with Gasteiger partial charge in [-0.05, 0) is 40.5 Å². The third kappa shape index (κ3) is 2.86. The Morgan fingerprint density at radius 3 is 2.85 bits per heavy atom. The highest BCUT2D eigenvalue weighted by Crippen LogP contribution is 2.47. The lowest BCUT2D eigenvalue weighted by Gasteiger charge is -2.18. The van der Waals surface area contributed by atoms with Crippen molar-refractivity contribution >= 4 is 33.2 Å². The quantitative estimate of drug-likeness (QED) is 0.610. The van der Waals surface area contributed by atoms with E-state index in [9.17, 15) is 18.3 Å². The van der Waals surface area contributed by atoms with Gasteiger partial charge < -0.3 is 14.2 Å². The van der Waals surface area contributed by atoms with Crippen LogP contribution in [0.15, 0.2) is 34.9 Å². The average Bonchev–Trinajstić information content (AvgIpc) is 3.07. The van der Waals surface area contributed by atoms with Crippen molar-refractivity contribution < 1.29 is 23.0 Å². The van der Waals surface area contributed by atoms with Gasteiger partial charge in [0.1, 0.15) is 17.2 Å². The number of hydrogen-bond acceptors (Lipinski definition) is 3. The maximum absolute atomic E-state index is 13.8. The van der Waals surface area contributed by atoms with Crippen LogP contribution in [0.2, 0.25) is 5.02 Å². The molecular weight excluding hydrogens is 437 g/mol. The zero-order valence-electron chi connectivity index (χ0n) is 13.0. The number of alkyl halides is 2. The monoisotopic (exact) mass is 446 g/mol. The highest BCUT2D eigenvalue weighted by atomic mass is 79.9. The van der Waals surface area contributed by atoms with Crippen molar-refractivity contribution in [1.29, 1.82) is 0 Å². The molecule has 0 saturated heterocycles. The summed E-state index contributed by atoms with van der Waals surface area (Å²) in [5, 5.41) is 10.7. The fraction of sp³-hybridized carbons (Fsp3) is 0.235. The van der Waals surface area contributed by atoms with Gasteiger partial charge in [0.25, 0.3) is 0 Å². The van der Waals surface area contributed by atoms with E-state index in [-0.39, 0.29) is 16.6 Å². The van der Waals surface area contributed by atoms with Crippen LogP contribution < -0.4 is 4.74 Å². The van der Waals surface area contributed by atoms with Gasteiger partial charge in [-0.2, -0.15) is 8.78 Å². The minimum atomic E-state index is -2.99. The molecule has 1 unspecified atom stereocenters. The number of ether oxygens (including phenoxy) is 1. The second-order valence-electron chi connectivity index (χ2n) is 5.94. The minimum absolute atomic E-state index is 0.0226. The van der Waals surface area contributed by atoms with Crippen LogP contribution in [0.4, 0.5) is 13.2 Å². The molecule has 0 saturated carbocycles. The second-order valence-corrected chi connectivity index (χ2v) is 7.24. The van der Waals surface area contributed by atoms with Crippen molar-refractivity contribution in [3.05, 3.63) is 62.7 Å². The number of rotatable bonds is 3. The predicted molar refractivity (Wildman–Crippen MR) is 92.4 cm³/mol. The molecule has 2 atom stereocenters. The molecule has 3 aromatic rings. The van der Waals surface area contributed by atoms with E-state index in [0.29, 0.717) is 27.6 Å². The van der Waals surface area contributed by atoms with Crippen LogP contribution >= 0.6 is 27.5 Å². The summed E-state index contributed by atoms with van der Waals surface area (Å²) in [5.41, 5.74) is 1.71. The Labute approximate surface area is 159 Å². The first-order valence-electron chi connectivity index (χ1n) is 7.64. The summed E-state index contributed by atoms with van der Waals surface area (Å²) in [6.07, 6.45) is 0.824. The van der Waals surface area contributed by atoms with Crippen LogP contribution in [-0.2, 0) is 0 Å². The molecular formula is C17H11BrClF3N2O2. The van der Waals surface area contributed by atoms with E-state index in [1.54, 1.807) is 4.40 Å². The molecule has 1 N–H and O–H groups in total. The van der Waals surface area contributed by atoms with Gasteiger partial charge in [0.05, 0.1) is 22.0 Å². The Hall–Kier alpha value is -1.77. The van der Waals surface area contributed by atoms with Gasteiger partial charge >= 0.3 is 6.61 Å². The van der Waals surface area contributed by atoms with Crippen LogP contribution in [0.5, 0.6) is 5.75 Å². The molecule has 0 radical (unpaired) electrons. The molecule has 2 aromatic heterocycles. The van der Waals surface area contributed by atoms with E-state index in [0.717, 1.165) is 0 Å². The molecule has 0 aliphatic heterocycles. The molecule has 9 heteroatoms. The van der Waals surface area contributed by atoms with Crippen molar-refractivity contribution in [1.82, 2.24) is 9.38 Å². The predicted octanol–water partition coefficient (Wildman–Crippen LogP) is 5.06. The number of aliphatic hydroxyl groups excluding tert-OH is 1. The maximum atomic E-state index is 13.8. The fourth-order valence-electron chi connectivity index (χ4n) is 3.38. The van der Waals surface area contributed by atoms with Crippen molar-refractivity contribution in [3.8, 4) is 5.75 Å². The van der Waals surface area contributed by atoms with E-state index >= 15 is 0 Å². The average molecular weight is 448 g/mol. The van der Waals surface area contributed by atoms with Crippen LogP contribution in [0, 0.1) is 5.82 Å². The molecule has 0 fully saturated rings. The summed E-state index contributed by atoms with van der Waals surface area (Å²) in [4.78, 5) is 4.30. The Morgan fingerprint density at radius 2 is 2.12 bits per heavy atom. The molecule has 1 aliphatic rings. The number of hydrogen-bond donors (Lipinski definition) is 1. The van der Waals surface area contributed by atoms with Gasteiger partial charge in [0.15, 0.2) is 0 Å². The second kappa shape index (κ2) is 6.44. The third-order valence-electron chi connectivity index (χ3n) is 4.40. The number of aromatic nitrogens is 2. The van der Waals surface area contributed by atoms with Gasteiger partial charge in [-0.1, -0.05) is 11.6 Å². The number of pyridine rings is 1. The van der Waals surface area contributed by atoms with E-state index in [4.69, 9.17) is 11.6 Å². The zero-order chi connectivity index (χ0) is 18.6. The summed E-state index contributed by atoms with van der Waals surface area (Å²) in [6.45, 7) is -2.99. The molecule has 26 heavy (non-hydrogen) atoms. The normalized spacial score (nSPS) is 19.3. The third-order valence-corrected chi connectivity index (χ3v) is 5.22. The molecule has 136 valence electrons. The van der Waals surface area contributed by atoms with Crippen molar-refractivity contribution in [2.75, 3.05) is 0 Å².